The zero-order valence-electron chi connectivity index (χ0n) is 12.9. The van der Waals surface area contributed by atoms with Crippen molar-refractivity contribution in [1.29, 1.82) is 0 Å². The summed E-state index contributed by atoms with van der Waals surface area (Å²) in [4.78, 5) is 20.3. The Morgan fingerprint density at radius 3 is 2.91 bits per heavy atom. The normalized spacial score (nSPS) is 10.3. The van der Waals surface area contributed by atoms with E-state index in [2.05, 4.69) is 20.6 Å². The second kappa shape index (κ2) is 9.07. The summed E-state index contributed by atoms with van der Waals surface area (Å²) in [5, 5.41) is 6.54. The lowest BCUT2D eigenvalue weighted by Gasteiger charge is -2.08. The number of benzene rings is 1. The Morgan fingerprint density at radius 1 is 1.30 bits per heavy atom. The molecule has 2 aromatic rings. The number of rotatable bonds is 8. The first-order chi connectivity index (χ1) is 11.2. The molecule has 0 bridgehead atoms. The van der Waals surface area contributed by atoms with E-state index < -0.39 is 0 Å². The van der Waals surface area contributed by atoms with Gasteiger partial charge in [0.15, 0.2) is 0 Å². The molecule has 7 heteroatoms. The average Bonchev–Trinajstić information content (AvgIpc) is 2.58. The standard InChI is InChI=1S/C16H19ClN4O2/c1-23-8-4-7-18-15-9-14(20-11-21-15)16(22)19-10-12-5-2-3-6-13(12)17/h2-3,5-6,9,11H,4,7-8,10H2,1H3,(H,19,22)(H,18,20,21). The summed E-state index contributed by atoms with van der Waals surface area (Å²) in [6.45, 7) is 1.73. The third kappa shape index (κ3) is 5.50. The Labute approximate surface area is 140 Å². The van der Waals surface area contributed by atoms with Crippen LogP contribution in [0.1, 0.15) is 22.5 Å². The van der Waals surface area contributed by atoms with Crippen molar-refractivity contribution in [3.63, 3.8) is 0 Å². The van der Waals surface area contributed by atoms with Crippen LogP contribution in [-0.2, 0) is 11.3 Å². The molecule has 2 rings (SSSR count). The van der Waals surface area contributed by atoms with Gasteiger partial charge in [0.05, 0.1) is 0 Å². The maximum absolute atomic E-state index is 12.2. The van der Waals surface area contributed by atoms with Crippen LogP contribution in [0.2, 0.25) is 5.02 Å². The number of nitrogens with zero attached hydrogens (tertiary/aromatic N) is 2. The number of hydrogen-bond acceptors (Lipinski definition) is 5. The smallest absolute Gasteiger partial charge is 0.270 e. The molecule has 0 saturated heterocycles. The van der Waals surface area contributed by atoms with Crippen LogP contribution >= 0.6 is 11.6 Å². The van der Waals surface area contributed by atoms with E-state index in [0.29, 0.717) is 36.2 Å². The lowest BCUT2D eigenvalue weighted by molar-refractivity contribution is 0.0946. The minimum Gasteiger partial charge on any atom is -0.385 e. The highest BCUT2D eigenvalue weighted by Gasteiger charge is 2.09. The lowest BCUT2D eigenvalue weighted by atomic mass is 10.2. The number of halogens is 1. The van der Waals surface area contributed by atoms with Gasteiger partial charge in [0, 0.05) is 37.9 Å². The first-order valence-electron chi connectivity index (χ1n) is 7.27. The fraction of sp³-hybridized carbons (Fsp3) is 0.312. The number of hydrogen-bond donors (Lipinski definition) is 2. The SMILES string of the molecule is COCCCNc1cc(C(=O)NCc2ccccc2Cl)ncn1. The third-order valence-electron chi connectivity index (χ3n) is 3.13. The minimum absolute atomic E-state index is 0.271. The van der Waals surface area contributed by atoms with E-state index in [1.807, 2.05) is 18.2 Å². The van der Waals surface area contributed by atoms with E-state index in [1.165, 1.54) is 6.33 Å². The molecule has 122 valence electrons. The summed E-state index contributed by atoms with van der Waals surface area (Å²) in [6, 6.07) is 9.00. The largest absolute Gasteiger partial charge is 0.385 e. The highest BCUT2D eigenvalue weighted by molar-refractivity contribution is 6.31. The molecule has 0 saturated carbocycles. The fourth-order valence-electron chi connectivity index (χ4n) is 1.92. The minimum atomic E-state index is -0.271. The monoisotopic (exact) mass is 334 g/mol. The van der Waals surface area contributed by atoms with E-state index in [4.69, 9.17) is 16.3 Å². The summed E-state index contributed by atoms with van der Waals surface area (Å²) in [5.74, 6) is 0.339. The van der Waals surface area contributed by atoms with Crippen molar-refractivity contribution < 1.29 is 9.53 Å². The van der Waals surface area contributed by atoms with Crippen LogP contribution in [0.3, 0.4) is 0 Å². The number of carbonyl (C=O) groups excluding carboxylic acids is 1. The molecule has 0 aliphatic carbocycles. The van der Waals surface area contributed by atoms with E-state index in [9.17, 15) is 4.79 Å². The zero-order chi connectivity index (χ0) is 16.5. The molecular formula is C16H19ClN4O2. The van der Waals surface area contributed by atoms with Crippen molar-refractivity contribution in [3.8, 4) is 0 Å². The molecule has 1 amide bonds. The van der Waals surface area contributed by atoms with Crippen LogP contribution < -0.4 is 10.6 Å². The molecule has 6 nitrogen and oxygen atoms in total. The van der Waals surface area contributed by atoms with Crippen molar-refractivity contribution in [2.45, 2.75) is 13.0 Å². The maximum atomic E-state index is 12.2. The highest BCUT2D eigenvalue weighted by Crippen LogP contribution is 2.14. The molecule has 0 aliphatic heterocycles. The van der Waals surface area contributed by atoms with Gasteiger partial charge in [-0.05, 0) is 18.1 Å². The molecule has 0 spiro atoms. The molecule has 1 aromatic heterocycles. The second-order valence-electron chi connectivity index (χ2n) is 4.84. The van der Waals surface area contributed by atoms with Crippen LogP contribution in [0.4, 0.5) is 5.82 Å². The van der Waals surface area contributed by atoms with Crippen molar-refractivity contribution in [2.75, 3.05) is 25.6 Å². The number of methoxy groups -OCH3 is 1. The Balaban J connectivity index is 1.90. The number of aromatic nitrogens is 2. The van der Waals surface area contributed by atoms with Crippen molar-refractivity contribution >= 4 is 23.3 Å². The van der Waals surface area contributed by atoms with Gasteiger partial charge in [-0.3, -0.25) is 4.79 Å². The van der Waals surface area contributed by atoms with Gasteiger partial charge in [-0.1, -0.05) is 29.8 Å². The van der Waals surface area contributed by atoms with Gasteiger partial charge < -0.3 is 15.4 Å². The van der Waals surface area contributed by atoms with Crippen LogP contribution in [0.15, 0.2) is 36.7 Å². The predicted molar refractivity (Wildman–Crippen MR) is 89.6 cm³/mol. The molecule has 0 unspecified atom stereocenters. The average molecular weight is 335 g/mol. The number of amides is 1. The lowest BCUT2D eigenvalue weighted by Crippen LogP contribution is -2.24. The number of ether oxygens (including phenoxy) is 1. The Bertz CT molecular complexity index is 651. The molecule has 2 N–H and O–H groups in total. The van der Waals surface area contributed by atoms with Gasteiger partial charge in [-0.15, -0.1) is 0 Å². The molecule has 1 heterocycles. The zero-order valence-corrected chi connectivity index (χ0v) is 13.6. The molecular weight excluding hydrogens is 316 g/mol. The van der Waals surface area contributed by atoms with E-state index >= 15 is 0 Å². The Kier molecular flexibility index (Phi) is 6.77. The third-order valence-corrected chi connectivity index (χ3v) is 3.50. The Hall–Kier alpha value is -2.18. The quantitative estimate of drug-likeness (QED) is 0.725. The number of nitrogens with one attached hydrogen (secondary N) is 2. The summed E-state index contributed by atoms with van der Waals surface area (Å²) >= 11 is 6.06. The topological polar surface area (TPSA) is 76.1 Å². The van der Waals surface area contributed by atoms with Gasteiger partial charge in [0.25, 0.3) is 5.91 Å². The summed E-state index contributed by atoms with van der Waals surface area (Å²) in [6.07, 6.45) is 2.22. The van der Waals surface area contributed by atoms with E-state index in [-0.39, 0.29) is 5.91 Å². The highest BCUT2D eigenvalue weighted by atomic mass is 35.5. The molecule has 0 aliphatic rings. The van der Waals surface area contributed by atoms with Crippen LogP contribution in [-0.4, -0.2) is 36.1 Å². The first-order valence-corrected chi connectivity index (χ1v) is 7.65. The van der Waals surface area contributed by atoms with Crippen molar-refractivity contribution in [3.05, 3.63) is 52.9 Å². The van der Waals surface area contributed by atoms with Crippen LogP contribution in [0.25, 0.3) is 0 Å². The van der Waals surface area contributed by atoms with Crippen LogP contribution in [0, 0.1) is 0 Å². The van der Waals surface area contributed by atoms with Crippen molar-refractivity contribution in [1.82, 2.24) is 15.3 Å². The van der Waals surface area contributed by atoms with Gasteiger partial charge in [0.1, 0.15) is 17.8 Å². The number of carbonyl (C=O) groups is 1. The molecule has 0 atom stereocenters. The summed E-state index contributed by atoms with van der Waals surface area (Å²) < 4.78 is 4.98. The fourth-order valence-corrected chi connectivity index (χ4v) is 2.12. The van der Waals surface area contributed by atoms with E-state index in [1.54, 1.807) is 19.2 Å². The molecule has 1 aromatic carbocycles. The molecule has 0 fully saturated rings. The van der Waals surface area contributed by atoms with Crippen molar-refractivity contribution in [2.24, 2.45) is 0 Å². The maximum Gasteiger partial charge on any atom is 0.270 e. The number of anilines is 1. The van der Waals surface area contributed by atoms with Gasteiger partial charge >= 0.3 is 0 Å². The summed E-state index contributed by atoms with van der Waals surface area (Å²) in [7, 11) is 1.66. The van der Waals surface area contributed by atoms with E-state index in [0.717, 1.165) is 12.0 Å². The predicted octanol–water partition coefficient (Wildman–Crippen LogP) is 2.51. The van der Waals surface area contributed by atoms with Crippen LogP contribution in [0.5, 0.6) is 0 Å². The Morgan fingerprint density at radius 2 is 2.13 bits per heavy atom. The van der Waals surface area contributed by atoms with Gasteiger partial charge in [0.2, 0.25) is 0 Å². The van der Waals surface area contributed by atoms with Gasteiger partial charge in [-0.25, -0.2) is 9.97 Å². The summed E-state index contributed by atoms with van der Waals surface area (Å²) in [5.41, 5.74) is 1.16. The second-order valence-corrected chi connectivity index (χ2v) is 5.24. The molecule has 23 heavy (non-hydrogen) atoms. The molecule has 0 radical (unpaired) electrons. The first kappa shape index (κ1) is 17.2. The van der Waals surface area contributed by atoms with Gasteiger partial charge in [-0.2, -0.15) is 0 Å².